The number of imidazole rings is 1. The third kappa shape index (κ3) is 2.55. The molecule has 0 spiro atoms. The van der Waals surface area contributed by atoms with E-state index in [0.29, 0.717) is 22.4 Å². The van der Waals surface area contributed by atoms with Crippen molar-refractivity contribution in [3.05, 3.63) is 40.4 Å². The Morgan fingerprint density at radius 2 is 2.14 bits per heavy atom. The fraction of sp³-hybridized carbons (Fsp3) is 0.308. The van der Waals surface area contributed by atoms with Gasteiger partial charge in [-0.15, -0.1) is 21.8 Å². The molecule has 0 aliphatic rings. The number of nitrogens with zero attached hydrogens (tertiary/aromatic N) is 5. The van der Waals surface area contributed by atoms with Crippen LogP contribution in [0.4, 0.5) is 4.39 Å². The van der Waals surface area contributed by atoms with E-state index in [1.54, 1.807) is 12.4 Å². The molecule has 0 N–H and O–H groups in total. The maximum Gasteiger partial charge on any atom is 0.152 e. The first-order valence-corrected chi connectivity index (χ1v) is 7.73. The molecule has 3 aromatic rings. The number of rotatable bonds is 4. The maximum absolute atomic E-state index is 13.6. The van der Waals surface area contributed by atoms with Crippen molar-refractivity contribution in [1.82, 2.24) is 24.3 Å². The van der Waals surface area contributed by atoms with E-state index < -0.39 is 0 Å². The van der Waals surface area contributed by atoms with Crippen LogP contribution in [0.15, 0.2) is 22.9 Å². The largest absolute Gasteiger partial charge is 0.319 e. The fourth-order valence-electron chi connectivity index (χ4n) is 2.26. The zero-order valence-electron chi connectivity index (χ0n) is 11.2. The molecule has 0 fully saturated rings. The van der Waals surface area contributed by atoms with E-state index in [-0.39, 0.29) is 11.7 Å². The summed E-state index contributed by atoms with van der Waals surface area (Å²) < 4.78 is 17.9. The number of alkyl halides is 1. The molecule has 0 saturated heterocycles. The Morgan fingerprint density at radius 3 is 2.86 bits per heavy atom. The molecule has 0 atom stereocenters. The second-order valence-corrected chi connectivity index (χ2v) is 5.66. The molecule has 0 aliphatic carbocycles. The third-order valence-electron chi connectivity index (χ3n) is 3.32. The van der Waals surface area contributed by atoms with E-state index in [0.717, 1.165) is 17.9 Å². The molecule has 2 aromatic heterocycles. The van der Waals surface area contributed by atoms with Crippen LogP contribution in [0.2, 0.25) is 0 Å². The number of benzene rings is 1. The standard InChI is InChI=1S/C13H12BrClFN5/c1-2-20-7-17-19-13(20)6-21-11-3-8(14)9(16)4-10(11)18-12(21)5-15/h3-4,7H,2,5-6H2,1H3. The summed E-state index contributed by atoms with van der Waals surface area (Å²) in [6.07, 6.45) is 1.68. The molecule has 110 valence electrons. The number of hydrogen-bond acceptors (Lipinski definition) is 3. The van der Waals surface area contributed by atoms with E-state index in [4.69, 9.17) is 11.6 Å². The maximum atomic E-state index is 13.6. The quantitative estimate of drug-likeness (QED) is 0.660. The smallest absolute Gasteiger partial charge is 0.152 e. The molecular formula is C13H12BrClFN5. The van der Waals surface area contributed by atoms with Gasteiger partial charge in [-0.3, -0.25) is 0 Å². The van der Waals surface area contributed by atoms with Crippen molar-refractivity contribution in [1.29, 1.82) is 0 Å². The summed E-state index contributed by atoms with van der Waals surface area (Å²) in [6.45, 7) is 3.29. The van der Waals surface area contributed by atoms with E-state index >= 15 is 0 Å². The minimum atomic E-state index is -0.343. The van der Waals surface area contributed by atoms with Gasteiger partial charge in [-0.25, -0.2) is 9.37 Å². The summed E-state index contributed by atoms with van der Waals surface area (Å²) in [5, 5.41) is 8.04. The van der Waals surface area contributed by atoms with Gasteiger partial charge in [-0.2, -0.15) is 0 Å². The van der Waals surface area contributed by atoms with Gasteiger partial charge >= 0.3 is 0 Å². The van der Waals surface area contributed by atoms with E-state index in [1.165, 1.54) is 6.07 Å². The zero-order valence-corrected chi connectivity index (χ0v) is 13.6. The predicted octanol–water partition coefficient (Wildman–Crippen LogP) is 3.34. The second-order valence-electron chi connectivity index (χ2n) is 4.54. The highest BCUT2D eigenvalue weighted by molar-refractivity contribution is 9.10. The Hall–Kier alpha value is -1.47. The summed E-state index contributed by atoms with van der Waals surface area (Å²) in [5.41, 5.74) is 1.39. The van der Waals surface area contributed by atoms with Gasteiger partial charge in [0.05, 0.1) is 27.9 Å². The summed E-state index contributed by atoms with van der Waals surface area (Å²) in [4.78, 5) is 4.38. The molecule has 2 heterocycles. The van der Waals surface area contributed by atoms with Gasteiger partial charge in [0, 0.05) is 12.6 Å². The topological polar surface area (TPSA) is 48.5 Å². The molecule has 0 unspecified atom stereocenters. The van der Waals surface area contributed by atoms with Crippen molar-refractivity contribution in [2.75, 3.05) is 0 Å². The van der Waals surface area contributed by atoms with Crippen LogP contribution in [-0.2, 0) is 19.0 Å². The summed E-state index contributed by atoms with van der Waals surface area (Å²) in [7, 11) is 0. The molecule has 0 saturated carbocycles. The minimum Gasteiger partial charge on any atom is -0.319 e. The molecule has 0 bridgehead atoms. The van der Waals surface area contributed by atoms with Crippen molar-refractivity contribution in [2.24, 2.45) is 0 Å². The Labute approximate surface area is 133 Å². The predicted molar refractivity (Wildman–Crippen MR) is 81.7 cm³/mol. The first-order valence-electron chi connectivity index (χ1n) is 6.40. The van der Waals surface area contributed by atoms with Crippen LogP contribution < -0.4 is 0 Å². The van der Waals surface area contributed by atoms with Crippen LogP contribution in [0, 0.1) is 5.82 Å². The molecular weight excluding hydrogens is 361 g/mol. The number of fused-ring (bicyclic) bond motifs is 1. The lowest BCUT2D eigenvalue weighted by Crippen LogP contribution is -2.09. The fourth-order valence-corrected chi connectivity index (χ4v) is 2.79. The molecule has 1 aromatic carbocycles. The monoisotopic (exact) mass is 371 g/mol. The lowest BCUT2D eigenvalue weighted by atomic mass is 10.3. The first-order chi connectivity index (χ1) is 10.1. The van der Waals surface area contributed by atoms with E-state index in [9.17, 15) is 4.39 Å². The van der Waals surface area contributed by atoms with Crippen LogP contribution in [-0.4, -0.2) is 24.3 Å². The molecule has 8 heteroatoms. The second kappa shape index (κ2) is 5.73. The number of halogens is 3. The Morgan fingerprint density at radius 1 is 1.33 bits per heavy atom. The normalized spacial score (nSPS) is 11.4. The van der Waals surface area contributed by atoms with E-state index in [2.05, 4.69) is 31.1 Å². The van der Waals surface area contributed by atoms with Gasteiger partial charge in [-0.1, -0.05) is 0 Å². The highest BCUT2D eigenvalue weighted by Gasteiger charge is 2.15. The lowest BCUT2D eigenvalue weighted by Gasteiger charge is -2.08. The summed E-state index contributed by atoms with van der Waals surface area (Å²) in [5.74, 6) is 1.39. The van der Waals surface area contributed by atoms with Crippen LogP contribution in [0.25, 0.3) is 11.0 Å². The van der Waals surface area contributed by atoms with Gasteiger partial charge in [0.2, 0.25) is 0 Å². The van der Waals surface area contributed by atoms with E-state index in [1.807, 2.05) is 16.1 Å². The number of aryl methyl sites for hydroxylation is 1. The van der Waals surface area contributed by atoms with Crippen molar-refractivity contribution in [3.8, 4) is 0 Å². The minimum absolute atomic E-state index is 0.244. The third-order valence-corrected chi connectivity index (χ3v) is 4.17. The molecule has 0 radical (unpaired) electrons. The van der Waals surface area contributed by atoms with Gasteiger partial charge in [0.25, 0.3) is 0 Å². The van der Waals surface area contributed by atoms with Gasteiger partial charge in [-0.05, 0) is 28.9 Å². The van der Waals surface area contributed by atoms with Crippen LogP contribution in [0.3, 0.4) is 0 Å². The molecule has 0 aliphatic heterocycles. The van der Waals surface area contributed by atoms with Crippen molar-refractivity contribution >= 4 is 38.6 Å². The lowest BCUT2D eigenvalue weighted by molar-refractivity contribution is 0.622. The number of hydrogen-bond donors (Lipinski definition) is 0. The van der Waals surface area contributed by atoms with Crippen molar-refractivity contribution < 1.29 is 4.39 Å². The zero-order chi connectivity index (χ0) is 15.0. The highest BCUT2D eigenvalue weighted by Crippen LogP contribution is 2.25. The molecule has 5 nitrogen and oxygen atoms in total. The van der Waals surface area contributed by atoms with Crippen molar-refractivity contribution in [3.63, 3.8) is 0 Å². The van der Waals surface area contributed by atoms with Crippen LogP contribution in [0.1, 0.15) is 18.6 Å². The Bertz CT molecular complexity index is 797. The molecule has 21 heavy (non-hydrogen) atoms. The number of aromatic nitrogens is 5. The SMILES string of the molecule is CCn1cnnc1Cn1c(CCl)nc2cc(F)c(Br)cc21. The molecule has 0 amide bonds. The average Bonchev–Trinajstić information content (AvgIpc) is 3.05. The Balaban J connectivity index is 2.14. The average molecular weight is 373 g/mol. The van der Waals surface area contributed by atoms with Gasteiger partial charge in [0.1, 0.15) is 18.0 Å². The molecule has 3 rings (SSSR count). The van der Waals surface area contributed by atoms with Gasteiger partial charge < -0.3 is 9.13 Å². The summed E-state index contributed by atoms with van der Waals surface area (Å²) >= 11 is 9.17. The Kier molecular flexibility index (Phi) is 3.95. The first kappa shape index (κ1) is 14.5. The van der Waals surface area contributed by atoms with Crippen LogP contribution >= 0.6 is 27.5 Å². The van der Waals surface area contributed by atoms with Crippen molar-refractivity contribution in [2.45, 2.75) is 25.9 Å². The summed E-state index contributed by atoms with van der Waals surface area (Å²) in [6, 6.07) is 3.11. The van der Waals surface area contributed by atoms with Crippen LogP contribution in [0.5, 0.6) is 0 Å². The van der Waals surface area contributed by atoms with Gasteiger partial charge in [0.15, 0.2) is 5.82 Å². The highest BCUT2D eigenvalue weighted by atomic mass is 79.9.